The SMILES string of the molecule is CC1CC(C)CN(C(CC2=CC=CCC2)C2=COC=CO2)C1. The molecule has 3 heteroatoms. The van der Waals surface area contributed by atoms with Crippen LogP contribution in [-0.4, -0.2) is 24.0 Å². The molecule has 1 aliphatic carbocycles. The molecular formula is C19H27NO2. The van der Waals surface area contributed by atoms with Crippen molar-refractivity contribution >= 4 is 0 Å². The molecule has 0 amide bonds. The number of ether oxygens (including phenoxy) is 2. The van der Waals surface area contributed by atoms with Crippen LogP contribution in [0.25, 0.3) is 0 Å². The maximum absolute atomic E-state index is 5.77. The fourth-order valence-electron chi connectivity index (χ4n) is 3.88. The molecule has 3 aliphatic rings. The lowest BCUT2D eigenvalue weighted by atomic mass is 9.88. The molecule has 0 spiro atoms. The number of hydrogen-bond donors (Lipinski definition) is 0. The zero-order chi connectivity index (χ0) is 15.4. The lowest BCUT2D eigenvalue weighted by Gasteiger charge is -2.41. The van der Waals surface area contributed by atoms with E-state index in [-0.39, 0.29) is 6.04 Å². The predicted octanol–water partition coefficient (Wildman–Crippen LogP) is 4.36. The molecule has 3 nitrogen and oxygen atoms in total. The monoisotopic (exact) mass is 301 g/mol. The zero-order valence-corrected chi connectivity index (χ0v) is 13.7. The summed E-state index contributed by atoms with van der Waals surface area (Å²) in [6.45, 7) is 6.99. The maximum Gasteiger partial charge on any atom is 0.156 e. The second-order valence-corrected chi connectivity index (χ2v) is 6.96. The van der Waals surface area contributed by atoms with Gasteiger partial charge in [0.2, 0.25) is 0 Å². The van der Waals surface area contributed by atoms with Crippen molar-refractivity contribution in [2.24, 2.45) is 11.8 Å². The van der Waals surface area contributed by atoms with Crippen molar-refractivity contribution in [1.82, 2.24) is 4.90 Å². The maximum atomic E-state index is 5.77. The Morgan fingerprint density at radius 1 is 1.23 bits per heavy atom. The molecule has 0 aromatic carbocycles. The van der Waals surface area contributed by atoms with Crippen molar-refractivity contribution in [2.45, 2.75) is 45.6 Å². The average Bonchev–Trinajstić information content (AvgIpc) is 2.53. The quantitative estimate of drug-likeness (QED) is 0.770. The van der Waals surface area contributed by atoms with Gasteiger partial charge in [-0.3, -0.25) is 4.90 Å². The van der Waals surface area contributed by atoms with Crippen LogP contribution in [-0.2, 0) is 9.47 Å². The van der Waals surface area contributed by atoms with Crippen molar-refractivity contribution in [3.8, 4) is 0 Å². The first-order valence-electron chi connectivity index (χ1n) is 8.48. The third-order valence-electron chi connectivity index (χ3n) is 4.74. The molecule has 0 aromatic rings. The molecule has 1 saturated heterocycles. The molecule has 22 heavy (non-hydrogen) atoms. The van der Waals surface area contributed by atoms with Crippen LogP contribution in [0.15, 0.2) is 48.3 Å². The Balaban J connectivity index is 1.77. The highest BCUT2D eigenvalue weighted by atomic mass is 16.5. The summed E-state index contributed by atoms with van der Waals surface area (Å²) in [5.74, 6) is 2.43. The Morgan fingerprint density at radius 2 is 2.05 bits per heavy atom. The molecule has 0 saturated carbocycles. The van der Waals surface area contributed by atoms with Gasteiger partial charge in [-0.25, -0.2) is 0 Å². The van der Waals surface area contributed by atoms with Gasteiger partial charge in [0, 0.05) is 13.1 Å². The number of likely N-dealkylation sites (tertiary alicyclic amines) is 1. The smallest absolute Gasteiger partial charge is 0.156 e. The van der Waals surface area contributed by atoms with Crippen molar-refractivity contribution in [3.05, 3.63) is 48.3 Å². The Labute approximate surface area is 134 Å². The third kappa shape index (κ3) is 3.83. The third-order valence-corrected chi connectivity index (χ3v) is 4.74. The fraction of sp³-hybridized carbons (Fsp3) is 0.579. The summed E-state index contributed by atoms with van der Waals surface area (Å²) < 4.78 is 11.1. The van der Waals surface area contributed by atoms with E-state index in [0.29, 0.717) is 0 Å². The second kappa shape index (κ2) is 7.19. The van der Waals surface area contributed by atoms with Gasteiger partial charge in [0.05, 0.1) is 6.04 Å². The van der Waals surface area contributed by atoms with E-state index in [4.69, 9.17) is 9.47 Å². The number of nitrogens with zero attached hydrogens (tertiary/aromatic N) is 1. The van der Waals surface area contributed by atoms with E-state index in [1.807, 2.05) is 0 Å². The summed E-state index contributed by atoms with van der Waals surface area (Å²) in [6, 6.07) is 0.285. The molecule has 2 aliphatic heterocycles. The van der Waals surface area contributed by atoms with Crippen molar-refractivity contribution in [1.29, 1.82) is 0 Å². The predicted molar refractivity (Wildman–Crippen MR) is 88.8 cm³/mol. The minimum Gasteiger partial charge on any atom is -0.466 e. The Bertz CT molecular complexity index is 494. The van der Waals surface area contributed by atoms with E-state index in [9.17, 15) is 0 Å². The van der Waals surface area contributed by atoms with Crippen LogP contribution in [0.1, 0.15) is 39.5 Å². The van der Waals surface area contributed by atoms with Crippen molar-refractivity contribution < 1.29 is 9.47 Å². The van der Waals surface area contributed by atoms with Gasteiger partial charge in [-0.1, -0.05) is 37.6 Å². The van der Waals surface area contributed by atoms with Gasteiger partial charge < -0.3 is 9.47 Å². The first-order valence-corrected chi connectivity index (χ1v) is 8.48. The molecule has 0 N–H and O–H groups in total. The molecule has 0 radical (unpaired) electrons. The van der Waals surface area contributed by atoms with Gasteiger partial charge in [0.15, 0.2) is 5.76 Å². The second-order valence-electron chi connectivity index (χ2n) is 6.96. The molecule has 0 bridgehead atoms. The molecule has 3 atom stereocenters. The number of hydrogen-bond acceptors (Lipinski definition) is 3. The topological polar surface area (TPSA) is 21.7 Å². The molecule has 3 unspecified atom stereocenters. The molecule has 2 heterocycles. The van der Waals surface area contributed by atoms with Gasteiger partial charge >= 0.3 is 0 Å². The summed E-state index contributed by atoms with van der Waals surface area (Å²) in [5, 5.41) is 0. The van der Waals surface area contributed by atoms with Gasteiger partial charge in [-0.05, 0) is 37.5 Å². The standard InChI is InChI=1S/C19H27NO2/c1-15-10-16(2)13-20(12-15)18(19-14-21-8-9-22-19)11-17-6-4-3-5-7-17/h3-4,6,8-9,14-16,18H,5,7,10-13H2,1-2H3. The van der Waals surface area contributed by atoms with Gasteiger partial charge in [0.25, 0.3) is 0 Å². The highest BCUT2D eigenvalue weighted by molar-refractivity contribution is 5.21. The van der Waals surface area contributed by atoms with E-state index in [1.54, 1.807) is 18.8 Å². The Hall–Kier alpha value is -1.48. The van der Waals surface area contributed by atoms with Gasteiger partial charge in [-0.15, -0.1) is 0 Å². The number of piperidine rings is 1. The highest BCUT2D eigenvalue weighted by Crippen LogP contribution is 2.31. The van der Waals surface area contributed by atoms with E-state index < -0.39 is 0 Å². The minimum absolute atomic E-state index is 0.285. The highest BCUT2D eigenvalue weighted by Gasteiger charge is 2.31. The van der Waals surface area contributed by atoms with Crippen LogP contribution in [0.4, 0.5) is 0 Å². The normalized spacial score (nSPS) is 30.1. The number of rotatable bonds is 4. The van der Waals surface area contributed by atoms with E-state index >= 15 is 0 Å². The lowest BCUT2D eigenvalue weighted by molar-refractivity contribution is 0.0787. The van der Waals surface area contributed by atoms with Crippen LogP contribution in [0.5, 0.6) is 0 Å². The number of allylic oxidation sites excluding steroid dienone is 3. The first kappa shape index (κ1) is 15.4. The summed E-state index contributed by atoms with van der Waals surface area (Å²) >= 11 is 0. The van der Waals surface area contributed by atoms with Crippen LogP contribution < -0.4 is 0 Å². The molecular weight excluding hydrogens is 274 g/mol. The van der Waals surface area contributed by atoms with Crippen molar-refractivity contribution in [3.63, 3.8) is 0 Å². The van der Waals surface area contributed by atoms with Crippen LogP contribution >= 0.6 is 0 Å². The lowest BCUT2D eigenvalue weighted by Crippen LogP contribution is -2.46. The molecule has 0 aromatic heterocycles. The largest absolute Gasteiger partial charge is 0.466 e. The van der Waals surface area contributed by atoms with E-state index in [2.05, 4.69) is 37.0 Å². The Morgan fingerprint density at radius 3 is 2.68 bits per heavy atom. The van der Waals surface area contributed by atoms with Gasteiger partial charge in [0.1, 0.15) is 18.8 Å². The molecule has 1 fully saturated rings. The Kier molecular flexibility index (Phi) is 5.04. The summed E-state index contributed by atoms with van der Waals surface area (Å²) in [7, 11) is 0. The molecule has 120 valence electrons. The minimum atomic E-state index is 0.285. The van der Waals surface area contributed by atoms with E-state index in [1.165, 1.54) is 12.0 Å². The van der Waals surface area contributed by atoms with Gasteiger partial charge in [-0.2, -0.15) is 0 Å². The first-order chi connectivity index (χ1) is 10.7. The summed E-state index contributed by atoms with van der Waals surface area (Å²) in [5.41, 5.74) is 1.51. The zero-order valence-electron chi connectivity index (χ0n) is 13.7. The van der Waals surface area contributed by atoms with Crippen LogP contribution in [0, 0.1) is 11.8 Å². The van der Waals surface area contributed by atoms with Crippen LogP contribution in [0.2, 0.25) is 0 Å². The van der Waals surface area contributed by atoms with Crippen molar-refractivity contribution in [2.75, 3.05) is 13.1 Å². The fourth-order valence-corrected chi connectivity index (χ4v) is 3.88. The summed E-state index contributed by atoms with van der Waals surface area (Å²) in [4.78, 5) is 2.59. The van der Waals surface area contributed by atoms with E-state index in [0.717, 1.165) is 49.9 Å². The summed E-state index contributed by atoms with van der Waals surface area (Å²) in [6.07, 6.45) is 16.4. The molecule has 3 rings (SSSR count). The van der Waals surface area contributed by atoms with Crippen LogP contribution in [0.3, 0.4) is 0 Å². The average molecular weight is 301 g/mol.